The van der Waals surface area contributed by atoms with E-state index in [1.807, 2.05) is 26.0 Å². The van der Waals surface area contributed by atoms with E-state index in [1.54, 1.807) is 32.3 Å². The summed E-state index contributed by atoms with van der Waals surface area (Å²) in [6.45, 7) is 5.58. The van der Waals surface area contributed by atoms with Crippen LogP contribution < -0.4 is 9.47 Å². The predicted molar refractivity (Wildman–Crippen MR) is 104 cm³/mol. The van der Waals surface area contributed by atoms with Gasteiger partial charge >= 0.3 is 0 Å². The lowest BCUT2D eigenvalue weighted by molar-refractivity contribution is -0.132. The molecule has 0 fully saturated rings. The molecule has 1 amide bonds. The molecule has 2 aromatic rings. The fraction of sp³-hybridized carbons (Fsp3) is 0.550. The van der Waals surface area contributed by atoms with Crippen molar-refractivity contribution in [1.82, 2.24) is 15.0 Å². The quantitative estimate of drug-likeness (QED) is 0.582. The third-order valence-electron chi connectivity index (χ3n) is 4.17. The molecule has 28 heavy (non-hydrogen) atoms. The largest absolute Gasteiger partial charge is 0.497 e. The van der Waals surface area contributed by atoms with Crippen LogP contribution in [0.2, 0.25) is 0 Å². The second kappa shape index (κ2) is 10.7. The smallest absolute Gasteiger partial charge is 0.228 e. The summed E-state index contributed by atoms with van der Waals surface area (Å²) in [6, 6.07) is 5.40. The summed E-state index contributed by atoms with van der Waals surface area (Å²) >= 11 is 0. The minimum absolute atomic E-state index is 0.101. The summed E-state index contributed by atoms with van der Waals surface area (Å²) in [5.41, 5.74) is 0.735. The lowest BCUT2D eigenvalue weighted by atomic mass is 10.1. The minimum Gasteiger partial charge on any atom is -0.497 e. The number of amides is 1. The van der Waals surface area contributed by atoms with Crippen molar-refractivity contribution in [1.29, 1.82) is 0 Å². The first-order chi connectivity index (χ1) is 13.5. The molecule has 0 unspecified atom stereocenters. The Kier molecular flexibility index (Phi) is 8.25. The summed E-state index contributed by atoms with van der Waals surface area (Å²) in [5, 5.41) is 4.05. The highest BCUT2D eigenvalue weighted by Gasteiger charge is 2.17. The molecule has 8 heteroatoms. The van der Waals surface area contributed by atoms with Crippen LogP contribution in [0.5, 0.6) is 11.5 Å². The Labute approximate surface area is 165 Å². The number of nitrogens with zero attached hydrogens (tertiary/aromatic N) is 3. The number of carbonyl (C=O) groups excluding carboxylic acids is 1. The van der Waals surface area contributed by atoms with Crippen molar-refractivity contribution in [3.63, 3.8) is 0 Å². The van der Waals surface area contributed by atoms with Gasteiger partial charge in [0.1, 0.15) is 11.5 Å². The molecule has 8 nitrogen and oxygen atoms in total. The van der Waals surface area contributed by atoms with Gasteiger partial charge < -0.3 is 23.6 Å². The number of methoxy groups -OCH3 is 3. The maximum atomic E-state index is 12.4. The zero-order valence-corrected chi connectivity index (χ0v) is 17.2. The van der Waals surface area contributed by atoms with Crippen molar-refractivity contribution >= 4 is 5.91 Å². The maximum Gasteiger partial charge on any atom is 0.228 e. The number of rotatable bonds is 11. The summed E-state index contributed by atoms with van der Waals surface area (Å²) in [7, 11) is 4.80. The molecule has 0 N–H and O–H groups in total. The number of ether oxygens (including phenoxy) is 3. The molecular weight excluding hydrogens is 362 g/mol. The van der Waals surface area contributed by atoms with Gasteiger partial charge in [-0.25, -0.2) is 0 Å². The zero-order chi connectivity index (χ0) is 20.5. The average molecular weight is 391 g/mol. The van der Waals surface area contributed by atoms with Crippen molar-refractivity contribution in [3.05, 3.63) is 24.1 Å². The molecule has 0 saturated heterocycles. The molecule has 0 radical (unpaired) electrons. The van der Waals surface area contributed by atoms with Crippen LogP contribution in [-0.2, 0) is 16.0 Å². The monoisotopic (exact) mass is 391 g/mol. The van der Waals surface area contributed by atoms with Gasteiger partial charge in [-0.1, -0.05) is 19.0 Å². The molecular formula is C20H29N3O5. The highest BCUT2D eigenvalue weighted by Crippen LogP contribution is 2.28. The molecule has 0 aliphatic carbocycles. The van der Waals surface area contributed by atoms with E-state index in [9.17, 15) is 4.79 Å². The summed E-state index contributed by atoms with van der Waals surface area (Å²) in [5.74, 6) is 2.61. The minimum atomic E-state index is 0.101. The highest BCUT2D eigenvalue weighted by atomic mass is 16.5. The predicted octanol–water partition coefficient (Wildman–Crippen LogP) is 2.82. The van der Waals surface area contributed by atoms with Crippen molar-refractivity contribution in [2.75, 3.05) is 41.0 Å². The number of hydrogen-bond donors (Lipinski definition) is 0. The van der Waals surface area contributed by atoms with E-state index in [0.29, 0.717) is 61.7 Å². The zero-order valence-electron chi connectivity index (χ0n) is 17.2. The van der Waals surface area contributed by atoms with Crippen molar-refractivity contribution < 1.29 is 23.5 Å². The molecule has 1 heterocycles. The maximum absolute atomic E-state index is 12.4. The van der Waals surface area contributed by atoms with Crippen LogP contribution >= 0.6 is 0 Å². The number of benzene rings is 1. The van der Waals surface area contributed by atoms with Crippen LogP contribution in [-0.4, -0.2) is 62.0 Å². The van der Waals surface area contributed by atoms with Crippen LogP contribution in [0, 0.1) is 5.92 Å². The van der Waals surface area contributed by atoms with Crippen molar-refractivity contribution in [3.8, 4) is 22.9 Å². The Bertz CT molecular complexity index is 738. The third kappa shape index (κ3) is 6.23. The molecule has 0 aliphatic heterocycles. The number of aromatic nitrogens is 2. The molecule has 0 atom stereocenters. The Morgan fingerprint density at radius 3 is 2.36 bits per heavy atom. The van der Waals surface area contributed by atoms with E-state index in [2.05, 4.69) is 10.1 Å². The van der Waals surface area contributed by atoms with Gasteiger partial charge in [-0.15, -0.1) is 0 Å². The molecule has 0 spiro atoms. The third-order valence-corrected chi connectivity index (χ3v) is 4.17. The second-order valence-electron chi connectivity index (χ2n) is 6.83. The Morgan fingerprint density at radius 2 is 1.79 bits per heavy atom. The van der Waals surface area contributed by atoms with E-state index >= 15 is 0 Å². The van der Waals surface area contributed by atoms with E-state index in [4.69, 9.17) is 18.7 Å². The number of hydrogen-bond acceptors (Lipinski definition) is 7. The highest BCUT2D eigenvalue weighted by molar-refractivity contribution is 5.76. The van der Waals surface area contributed by atoms with E-state index in [1.165, 1.54) is 0 Å². The molecule has 0 saturated carbocycles. The lowest BCUT2D eigenvalue weighted by Crippen LogP contribution is -2.36. The Hall–Kier alpha value is -2.61. The van der Waals surface area contributed by atoms with Crippen molar-refractivity contribution in [2.24, 2.45) is 5.92 Å². The average Bonchev–Trinajstić information content (AvgIpc) is 3.16. The normalized spacial score (nSPS) is 10.9. The van der Waals surface area contributed by atoms with Gasteiger partial charge in [0.2, 0.25) is 17.6 Å². The van der Waals surface area contributed by atoms with Crippen LogP contribution in [0.15, 0.2) is 22.7 Å². The standard InChI is InChI=1S/C20H29N3O5/c1-14(2)10-19(24)23(8-9-25-3)7-6-18-21-20(22-28-18)15-11-16(26-4)13-17(12-15)27-5/h11-14H,6-10H2,1-5H3. The van der Waals surface area contributed by atoms with Crippen LogP contribution in [0.3, 0.4) is 0 Å². The van der Waals surface area contributed by atoms with Crippen molar-refractivity contribution in [2.45, 2.75) is 26.7 Å². The van der Waals surface area contributed by atoms with E-state index in [-0.39, 0.29) is 5.91 Å². The first-order valence-electron chi connectivity index (χ1n) is 9.29. The fourth-order valence-electron chi connectivity index (χ4n) is 2.68. The topological polar surface area (TPSA) is 86.9 Å². The van der Waals surface area contributed by atoms with Gasteiger partial charge in [0.05, 0.1) is 20.8 Å². The van der Waals surface area contributed by atoms with Crippen LogP contribution in [0.25, 0.3) is 11.4 Å². The van der Waals surface area contributed by atoms with E-state index < -0.39 is 0 Å². The molecule has 0 bridgehead atoms. The van der Waals surface area contributed by atoms with Gasteiger partial charge in [-0.2, -0.15) is 4.98 Å². The van der Waals surface area contributed by atoms with Gasteiger partial charge in [-0.05, 0) is 18.1 Å². The Morgan fingerprint density at radius 1 is 1.11 bits per heavy atom. The Balaban J connectivity index is 2.07. The molecule has 1 aromatic heterocycles. The van der Waals surface area contributed by atoms with Gasteiger partial charge in [-0.3, -0.25) is 4.79 Å². The molecule has 154 valence electrons. The van der Waals surface area contributed by atoms with Crippen LogP contribution in [0.1, 0.15) is 26.2 Å². The summed E-state index contributed by atoms with van der Waals surface area (Å²) in [4.78, 5) is 18.6. The van der Waals surface area contributed by atoms with E-state index in [0.717, 1.165) is 5.56 Å². The SMILES string of the molecule is COCCN(CCc1nc(-c2cc(OC)cc(OC)c2)no1)C(=O)CC(C)C. The first kappa shape index (κ1) is 21.7. The van der Waals surface area contributed by atoms with Gasteiger partial charge in [0.25, 0.3) is 0 Å². The lowest BCUT2D eigenvalue weighted by Gasteiger charge is -2.22. The number of carbonyl (C=O) groups is 1. The fourth-order valence-corrected chi connectivity index (χ4v) is 2.68. The summed E-state index contributed by atoms with van der Waals surface area (Å²) in [6.07, 6.45) is 0.976. The molecule has 2 rings (SSSR count). The molecule has 0 aliphatic rings. The first-order valence-corrected chi connectivity index (χ1v) is 9.29. The van der Waals surface area contributed by atoms with Crippen LogP contribution in [0.4, 0.5) is 0 Å². The van der Waals surface area contributed by atoms with Gasteiger partial charge in [0, 0.05) is 44.7 Å². The van der Waals surface area contributed by atoms with Gasteiger partial charge in [0.15, 0.2) is 0 Å². The second-order valence-corrected chi connectivity index (χ2v) is 6.83. The molecule has 1 aromatic carbocycles. The summed E-state index contributed by atoms with van der Waals surface area (Å²) < 4.78 is 21.0.